The Morgan fingerprint density at radius 1 is 1.71 bits per heavy atom. The Morgan fingerprint density at radius 3 is 2.86 bits per heavy atom. The van der Waals surface area contributed by atoms with Gasteiger partial charge < -0.3 is 9.67 Å². The molecular weight excluding hydrogens is 246 g/mol. The van der Waals surface area contributed by atoms with Crippen LogP contribution in [0.5, 0.6) is 0 Å². The predicted octanol–water partition coefficient (Wildman–Crippen LogP) is 2.92. The molecule has 1 fully saturated rings. The van der Waals surface area contributed by atoms with Gasteiger partial charge in [0.2, 0.25) is 0 Å². The van der Waals surface area contributed by atoms with Gasteiger partial charge in [0.25, 0.3) is 0 Å². The Balaban J connectivity index is 2.34. The minimum absolute atomic E-state index is 0.299. The van der Waals surface area contributed by atoms with Gasteiger partial charge in [0.15, 0.2) is 0 Å². The Morgan fingerprint density at radius 2 is 2.36 bits per heavy atom. The summed E-state index contributed by atoms with van der Waals surface area (Å²) in [6.07, 6.45) is 4.29. The fraction of sp³-hybridized carbons (Fsp3) is 0.500. The first kappa shape index (κ1) is 9.77. The lowest BCUT2D eigenvalue weighted by Gasteiger charge is -2.14. The Labute approximate surface area is 90.9 Å². The third kappa shape index (κ3) is 1.71. The quantitative estimate of drug-likeness (QED) is 0.905. The fourth-order valence-corrected chi connectivity index (χ4v) is 2.20. The molecule has 1 aliphatic carbocycles. The average molecular weight is 258 g/mol. The van der Waals surface area contributed by atoms with Gasteiger partial charge in [0, 0.05) is 16.7 Å². The first-order valence-corrected chi connectivity index (χ1v) is 5.49. The van der Waals surface area contributed by atoms with E-state index in [2.05, 4.69) is 22.9 Å². The molecule has 0 bridgehead atoms. The number of rotatable bonds is 3. The van der Waals surface area contributed by atoms with Crippen LogP contribution in [0.4, 0.5) is 0 Å². The lowest BCUT2D eigenvalue weighted by molar-refractivity contribution is 0.0682. The van der Waals surface area contributed by atoms with E-state index in [9.17, 15) is 4.79 Å². The maximum atomic E-state index is 10.9. The molecule has 3 nitrogen and oxygen atoms in total. The molecule has 1 heterocycles. The molecule has 0 aromatic carbocycles. The molecule has 1 unspecified atom stereocenters. The molecule has 2 rings (SSSR count). The second kappa shape index (κ2) is 3.42. The van der Waals surface area contributed by atoms with Crippen molar-refractivity contribution in [3.63, 3.8) is 0 Å². The monoisotopic (exact) mass is 257 g/mol. The maximum absolute atomic E-state index is 10.9. The van der Waals surface area contributed by atoms with Crippen molar-refractivity contribution in [3.8, 4) is 0 Å². The summed E-state index contributed by atoms with van der Waals surface area (Å²) in [5.41, 5.74) is 0.372. The van der Waals surface area contributed by atoms with Crippen LogP contribution in [-0.4, -0.2) is 15.6 Å². The summed E-state index contributed by atoms with van der Waals surface area (Å²) >= 11 is 3.30. The molecular formula is C10H12BrNO2. The lowest BCUT2D eigenvalue weighted by atomic mass is 10.2. The molecule has 1 aliphatic rings. The summed E-state index contributed by atoms with van der Waals surface area (Å²) in [4.78, 5) is 10.9. The van der Waals surface area contributed by atoms with Crippen molar-refractivity contribution in [2.75, 3.05) is 0 Å². The molecule has 14 heavy (non-hydrogen) atoms. The molecule has 1 atom stereocenters. The van der Waals surface area contributed by atoms with E-state index in [4.69, 9.17) is 5.11 Å². The number of hydrogen-bond acceptors (Lipinski definition) is 1. The van der Waals surface area contributed by atoms with Gasteiger partial charge in [-0.1, -0.05) is 0 Å². The van der Waals surface area contributed by atoms with E-state index in [0.717, 1.165) is 4.47 Å². The second-order valence-electron chi connectivity index (χ2n) is 3.83. The number of carbonyl (C=O) groups is 1. The van der Waals surface area contributed by atoms with Gasteiger partial charge in [-0.3, -0.25) is 0 Å². The molecule has 76 valence electrons. The van der Waals surface area contributed by atoms with Crippen molar-refractivity contribution < 1.29 is 9.90 Å². The number of carboxylic acid groups (broad SMARTS) is 1. The summed E-state index contributed by atoms with van der Waals surface area (Å²) in [5.74, 6) is -0.199. The lowest BCUT2D eigenvalue weighted by Crippen LogP contribution is -2.13. The van der Waals surface area contributed by atoms with Crippen LogP contribution in [0.2, 0.25) is 0 Å². The SMILES string of the molecule is CC(C1CC1)n1cc(Br)cc1C(=O)O. The highest BCUT2D eigenvalue weighted by atomic mass is 79.9. The first-order chi connectivity index (χ1) is 6.59. The molecule has 0 aliphatic heterocycles. The van der Waals surface area contributed by atoms with Crippen LogP contribution >= 0.6 is 15.9 Å². The van der Waals surface area contributed by atoms with Gasteiger partial charge in [0.05, 0.1) is 0 Å². The minimum atomic E-state index is -0.858. The van der Waals surface area contributed by atoms with Crippen molar-refractivity contribution in [3.05, 3.63) is 22.4 Å². The molecule has 0 spiro atoms. The molecule has 1 aromatic heterocycles. The van der Waals surface area contributed by atoms with Crippen molar-refractivity contribution in [2.24, 2.45) is 5.92 Å². The van der Waals surface area contributed by atoms with E-state index in [1.54, 1.807) is 6.07 Å². The van der Waals surface area contributed by atoms with Crippen molar-refractivity contribution >= 4 is 21.9 Å². The van der Waals surface area contributed by atoms with E-state index in [1.165, 1.54) is 12.8 Å². The average Bonchev–Trinajstić information content (AvgIpc) is 2.87. The number of halogens is 1. The van der Waals surface area contributed by atoms with Crippen molar-refractivity contribution in [2.45, 2.75) is 25.8 Å². The number of nitrogens with zero attached hydrogens (tertiary/aromatic N) is 1. The van der Waals surface area contributed by atoms with Crippen molar-refractivity contribution in [1.82, 2.24) is 4.57 Å². The molecule has 1 N–H and O–H groups in total. The van der Waals surface area contributed by atoms with Crippen LogP contribution in [0.3, 0.4) is 0 Å². The zero-order chi connectivity index (χ0) is 10.3. The molecule has 1 aromatic rings. The maximum Gasteiger partial charge on any atom is 0.352 e. The zero-order valence-corrected chi connectivity index (χ0v) is 9.49. The summed E-state index contributed by atoms with van der Waals surface area (Å²) in [6, 6.07) is 1.95. The Bertz CT molecular complexity index is 368. The van der Waals surface area contributed by atoms with Gasteiger partial charge in [-0.15, -0.1) is 0 Å². The van der Waals surface area contributed by atoms with Crippen molar-refractivity contribution in [1.29, 1.82) is 0 Å². The number of aromatic nitrogens is 1. The second-order valence-corrected chi connectivity index (χ2v) is 4.75. The number of hydrogen-bond donors (Lipinski definition) is 1. The fourth-order valence-electron chi connectivity index (χ4n) is 1.76. The zero-order valence-electron chi connectivity index (χ0n) is 7.90. The standard InChI is InChI=1S/C10H12BrNO2/c1-6(7-2-3-7)12-5-8(11)4-9(12)10(13)14/h4-7H,2-3H2,1H3,(H,13,14). The van der Waals surface area contributed by atoms with Crippen LogP contribution in [-0.2, 0) is 0 Å². The predicted molar refractivity (Wildman–Crippen MR) is 56.5 cm³/mol. The highest BCUT2D eigenvalue weighted by Gasteiger charge is 2.30. The summed E-state index contributed by atoms with van der Waals surface area (Å²) in [5, 5.41) is 8.99. The summed E-state index contributed by atoms with van der Waals surface area (Å²) in [7, 11) is 0. The van der Waals surface area contributed by atoms with E-state index >= 15 is 0 Å². The van der Waals surface area contributed by atoms with Gasteiger partial charge in [0.1, 0.15) is 5.69 Å². The first-order valence-electron chi connectivity index (χ1n) is 4.70. The van der Waals surface area contributed by atoms with Gasteiger partial charge >= 0.3 is 5.97 Å². The number of aromatic carboxylic acids is 1. The third-order valence-corrected chi connectivity index (χ3v) is 3.21. The number of carboxylic acids is 1. The Hall–Kier alpha value is -0.770. The third-order valence-electron chi connectivity index (χ3n) is 2.78. The van der Waals surface area contributed by atoms with Gasteiger partial charge in [-0.25, -0.2) is 4.79 Å². The Kier molecular flexibility index (Phi) is 2.39. The van der Waals surface area contributed by atoms with Crippen LogP contribution in [0.25, 0.3) is 0 Å². The summed E-state index contributed by atoms with van der Waals surface area (Å²) in [6.45, 7) is 2.08. The van der Waals surface area contributed by atoms with Gasteiger partial charge in [-0.05, 0) is 47.7 Å². The topological polar surface area (TPSA) is 42.2 Å². The van der Waals surface area contributed by atoms with Crippen LogP contribution < -0.4 is 0 Å². The minimum Gasteiger partial charge on any atom is -0.477 e. The van der Waals surface area contributed by atoms with Gasteiger partial charge in [-0.2, -0.15) is 0 Å². The molecule has 0 radical (unpaired) electrons. The van der Waals surface area contributed by atoms with E-state index < -0.39 is 5.97 Å². The molecule has 0 amide bonds. The van der Waals surface area contributed by atoms with E-state index in [-0.39, 0.29) is 0 Å². The normalized spacial score (nSPS) is 18.1. The highest BCUT2D eigenvalue weighted by Crippen LogP contribution is 2.40. The molecule has 4 heteroatoms. The van der Waals surface area contributed by atoms with E-state index in [1.807, 2.05) is 10.8 Å². The summed E-state index contributed by atoms with van der Waals surface area (Å²) < 4.78 is 2.69. The highest BCUT2D eigenvalue weighted by molar-refractivity contribution is 9.10. The smallest absolute Gasteiger partial charge is 0.352 e. The van der Waals surface area contributed by atoms with Crippen LogP contribution in [0.15, 0.2) is 16.7 Å². The van der Waals surface area contributed by atoms with Crippen LogP contribution in [0.1, 0.15) is 36.3 Å². The largest absolute Gasteiger partial charge is 0.477 e. The van der Waals surface area contributed by atoms with Crippen LogP contribution in [0, 0.1) is 5.92 Å². The molecule has 0 saturated heterocycles. The van der Waals surface area contributed by atoms with E-state index in [0.29, 0.717) is 17.7 Å². The molecule has 1 saturated carbocycles.